The van der Waals surface area contributed by atoms with Gasteiger partial charge in [-0.2, -0.15) is 0 Å². The summed E-state index contributed by atoms with van der Waals surface area (Å²) in [5.41, 5.74) is 5.84. The lowest BCUT2D eigenvalue weighted by molar-refractivity contribution is 0.115. The monoisotopic (exact) mass is 200 g/mol. The molecule has 0 aromatic heterocycles. The Hall–Kier alpha value is -0.120. The van der Waals surface area contributed by atoms with Crippen LogP contribution in [-0.4, -0.2) is 41.8 Å². The van der Waals surface area contributed by atoms with Crippen LogP contribution in [0.1, 0.15) is 33.1 Å². The highest BCUT2D eigenvalue weighted by molar-refractivity contribution is 5.00. The topological polar surface area (TPSA) is 49.5 Å². The Bertz CT molecular complexity index is 182. The standard InChI is InChI=1S/C11H24N2O/c1-4-9(2)13(3)7-11(12,8-14)10-5-6-10/h9-10,14H,4-8,12H2,1-3H3. The molecule has 1 rings (SSSR count). The molecule has 0 bridgehead atoms. The second kappa shape index (κ2) is 4.60. The Morgan fingerprint density at radius 3 is 2.50 bits per heavy atom. The average Bonchev–Trinajstić information content (AvgIpc) is 2.99. The van der Waals surface area contributed by atoms with Gasteiger partial charge >= 0.3 is 0 Å². The van der Waals surface area contributed by atoms with E-state index in [4.69, 9.17) is 5.73 Å². The molecule has 0 aromatic rings. The smallest absolute Gasteiger partial charge is 0.0626 e. The van der Waals surface area contributed by atoms with Crippen LogP contribution in [0.3, 0.4) is 0 Å². The lowest BCUT2D eigenvalue weighted by atomic mass is 9.94. The number of aliphatic hydroxyl groups is 1. The van der Waals surface area contributed by atoms with E-state index in [1.54, 1.807) is 0 Å². The van der Waals surface area contributed by atoms with Crippen molar-refractivity contribution in [2.24, 2.45) is 11.7 Å². The van der Waals surface area contributed by atoms with Crippen molar-refractivity contribution in [3.05, 3.63) is 0 Å². The molecule has 2 atom stereocenters. The Labute approximate surface area is 87.3 Å². The van der Waals surface area contributed by atoms with Gasteiger partial charge in [-0.05, 0) is 39.2 Å². The van der Waals surface area contributed by atoms with Crippen molar-refractivity contribution in [2.45, 2.75) is 44.7 Å². The van der Waals surface area contributed by atoms with E-state index in [9.17, 15) is 5.11 Å². The Kier molecular flexibility index (Phi) is 3.93. The van der Waals surface area contributed by atoms with Crippen LogP contribution in [0.25, 0.3) is 0 Å². The van der Waals surface area contributed by atoms with Gasteiger partial charge in [0.2, 0.25) is 0 Å². The Morgan fingerprint density at radius 2 is 2.14 bits per heavy atom. The van der Waals surface area contributed by atoms with Gasteiger partial charge in [0.25, 0.3) is 0 Å². The maximum Gasteiger partial charge on any atom is 0.0626 e. The summed E-state index contributed by atoms with van der Waals surface area (Å²) >= 11 is 0. The molecular weight excluding hydrogens is 176 g/mol. The molecule has 0 aromatic carbocycles. The van der Waals surface area contributed by atoms with Gasteiger partial charge in [0, 0.05) is 12.6 Å². The molecule has 3 N–H and O–H groups in total. The summed E-state index contributed by atoms with van der Waals surface area (Å²) < 4.78 is 0. The fourth-order valence-corrected chi connectivity index (χ4v) is 1.90. The molecule has 14 heavy (non-hydrogen) atoms. The van der Waals surface area contributed by atoms with Crippen LogP contribution >= 0.6 is 0 Å². The van der Waals surface area contributed by atoms with E-state index >= 15 is 0 Å². The highest BCUT2D eigenvalue weighted by Gasteiger charge is 2.42. The van der Waals surface area contributed by atoms with Gasteiger partial charge in [-0.25, -0.2) is 0 Å². The molecule has 1 saturated carbocycles. The summed E-state index contributed by atoms with van der Waals surface area (Å²) in [6, 6.07) is 0.545. The number of rotatable bonds is 6. The first-order valence-electron chi connectivity index (χ1n) is 5.63. The molecule has 0 amide bonds. The molecule has 1 aliphatic carbocycles. The first-order valence-corrected chi connectivity index (χ1v) is 5.63. The van der Waals surface area contributed by atoms with Crippen LogP contribution in [0.15, 0.2) is 0 Å². The van der Waals surface area contributed by atoms with E-state index in [1.165, 1.54) is 12.8 Å². The molecular formula is C11H24N2O. The molecule has 84 valence electrons. The SMILES string of the molecule is CCC(C)N(C)CC(N)(CO)C1CC1. The number of nitrogens with zero attached hydrogens (tertiary/aromatic N) is 1. The number of hydrogen-bond donors (Lipinski definition) is 2. The van der Waals surface area contributed by atoms with Crippen LogP contribution < -0.4 is 5.73 Å². The lowest BCUT2D eigenvalue weighted by Crippen LogP contribution is -2.55. The van der Waals surface area contributed by atoms with Crippen LogP contribution in [0.5, 0.6) is 0 Å². The quantitative estimate of drug-likeness (QED) is 0.667. The molecule has 2 unspecified atom stereocenters. The summed E-state index contributed by atoms with van der Waals surface area (Å²) in [5, 5.41) is 9.35. The van der Waals surface area contributed by atoms with Gasteiger partial charge in [-0.1, -0.05) is 6.92 Å². The first-order chi connectivity index (χ1) is 6.53. The molecule has 3 heteroatoms. The van der Waals surface area contributed by atoms with Gasteiger partial charge in [-0.3, -0.25) is 0 Å². The van der Waals surface area contributed by atoms with Gasteiger partial charge < -0.3 is 15.7 Å². The van der Waals surface area contributed by atoms with Gasteiger partial charge in [0.15, 0.2) is 0 Å². The third-order valence-electron chi connectivity index (χ3n) is 3.57. The van der Waals surface area contributed by atoms with E-state index in [0.29, 0.717) is 12.0 Å². The molecule has 3 nitrogen and oxygen atoms in total. The molecule has 0 heterocycles. The van der Waals surface area contributed by atoms with Crippen molar-refractivity contribution in [1.29, 1.82) is 0 Å². The Balaban J connectivity index is 2.46. The number of likely N-dealkylation sites (N-methyl/N-ethyl adjacent to an activating group) is 1. The summed E-state index contributed by atoms with van der Waals surface area (Å²) in [6.07, 6.45) is 3.50. The average molecular weight is 200 g/mol. The molecule has 1 fully saturated rings. The zero-order valence-corrected chi connectivity index (χ0v) is 9.66. The van der Waals surface area contributed by atoms with E-state index in [0.717, 1.165) is 13.0 Å². The number of nitrogens with two attached hydrogens (primary N) is 1. The fraction of sp³-hybridized carbons (Fsp3) is 1.00. The van der Waals surface area contributed by atoms with Crippen molar-refractivity contribution in [3.8, 4) is 0 Å². The summed E-state index contributed by atoms with van der Waals surface area (Å²) in [4.78, 5) is 2.26. The molecule has 0 aliphatic heterocycles. The van der Waals surface area contributed by atoms with Gasteiger partial charge in [0.1, 0.15) is 0 Å². The van der Waals surface area contributed by atoms with Crippen LogP contribution in [0.2, 0.25) is 0 Å². The highest BCUT2D eigenvalue weighted by atomic mass is 16.3. The largest absolute Gasteiger partial charge is 0.394 e. The van der Waals surface area contributed by atoms with E-state index in [1.807, 2.05) is 0 Å². The summed E-state index contributed by atoms with van der Waals surface area (Å²) in [7, 11) is 2.09. The maximum absolute atomic E-state index is 9.35. The van der Waals surface area contributed by atoms with E-state index in [2.05, 4.69) is 25.8 Å². The predicted molar refractivity (Wildman–Crippen MR) is 59.1 cm³/mol. The van der Waals surface area contributed by atoms with Crippen LogP contribution in [0, 0.1) is 5.92 Å². The van der Waals surface area contributed by atoms with Crippen molar-refractivity contribution >= 4 is 0 Å². The summed E-state index contributed by atoms with van der Waals surface area (Å²) in [6.45, 7) is 5.29. The van der Waals surface area contributed by atoms with E-state index in [-0.39, 0.29) is 12.1 Å². The van der Waals surface area contributed by atoms with Crippen LogP contribution in [0.4, 0.5) is 0 Å². The molecule has 0 radical (unpaired) electrons. The minimum absolute atomic E-state index is 0.110. The second-order valence-electron chi connectivity index (χ2n) is 4.84. The molecule has 1 aliphatic rings. The zero-order valence-electron chi connectivity index (χ0n) is 9.66. The highest BCUT2D eigenvalue weighted by Crippen LogP contribution is 2.38. The lowest BCUT2D eigenvalue weighted by Gasteiger charge is -2.35. The zero-order chi connectivity index (χ0) is 10.8. The minimum atomic E-state index is -0.363. The van der Waals surface area contributed by atoms with Crippen molar-refractivity contribution in [3.63, 3.8) is 0 Å². The predicted octanol–water partition coefficient (Wildman–Crippen LogP) is 0.817. The second-order valence-corrected chi connectivity index (χ2v) is 4.84. The van der Waals surface area contributed by atoms with Crippen molar-refractivity contribution in [1.82, 2.24) is 4.90 Å². The van der Waals surface area contributed by atoms with Gasteiger partial charge in [0.05, 0.1) is 12.1 Å². The van der Waals surface area contributed by atoms with Crippen LogP contribution in [-0.2, 0) is 0 Å². The van der Waals surface area contributed by atoms with Crippen molar-refractivity contribution in [2.75, 3.05) is 20.2 Å². The molecule has 0 spiro atoms. The molecule has 0 saturated heterocycles. The van der Waals surface area contributed by atoms with Crippen molar-refractivity contribution < 1.29 is 5.11 Å². The number of hydrogen-bond acceptors (Lipinski definition) is 3. The fourth-order valence-electron chi connectivity index (χ4n) is 1.90. The number of aliphatic hydroxyl groups excluding tert-OH is 1. The van der Waals surface area contributed by atoms with E-state index < -0.39 is 0 Å². The maximum atomic E-state index is 9.35. The Morgan fingerprint density at radius 1 is 1.57 bits per heavy atom. The normalized spacial score (nSPS) is 23.6. The summed E-state index contributed by atoms with van der Waals surface area (Å²) in [5.74, 6) is 0.541. The first kappa shape index (κ1) is 12.0. The third kappa shape index (κ3) is 2.69. The third-order valence-corrected chi connectivity index (χ3v) is 3.57. The minimum Gasteiger partial charge on any atom is -0.394 e. The van der Waals surface area contributed by atoms with Gasteiger partial charge in [-0.15, -0.1) is 0 Å².